The van der Waals surface area contributed by atoms with Gasteiger partial charge in [0.15, 0.2) is 4.90 Å². The zero-order chi connectivity index (χ0) is 21.1. The van der Waals surface area contributed by atoms with E-state index < -0.39 is 26.6 Å². The Hall–Kier alpha value is -2.62. The van der Waals surface area contributed by atoms with E-state index in [1.807, 2.05) is 36.5 Å². The number of aromatic nitrogens is 2. The van der Waals surface area contributed by atoms with Crippen molar-refractivity contribution in [2.75, 3.05) is 32.7 Å². The Bertz CT molecular complexity index is 1090. The number of rotatable bonds is 6. The fraction of sp³-hybridized carbons (Fsp3) is 0.286. The summed E-state index contributed by atoms with van der Waals surface area (Å²) in [6.07, 6.45) is 3.68. The molecule has 0 saturated carbocycles. The molecule has 0 radical (unpaired) electrons. The molecule has 0 unspecified atom stereocenters. The van der Waals surface area contributed by atoms with E-state index in [4.69, 9.17) is 0 Å². The summed E-state index contributed by atoms with van der Waals surface area (Å²) >= 11 is 0. The zero-order valence-electron chi connectivity index (χ0n) is 16.3. The van der Waals surface area contributed by atoms with Crippen LogP contribution in [0.15, 0.2) is 65.8 Å². The molecule has 2 aromatic carbocycles. The van der Waals surface area contributed by atoms with Crippen LogP contribution in [0.5, 0.6) is 0 Å². The highest BCUT2D eigenvalue weighted by Crippen LogP contribution is 2.23. The quantitative estimate of drug-likeness (QED) is 0.601. The Kier molecular flexibility index (Phi) is 5.94. The average molecular weight is 432 g/mol. The molecule has 0 bridgehead atoms. The van der Waals surface area contributed by atoms with Gasteiger partial charge in [-0.1, -0.05) is 36.4 Å². The fourth-order valence-corrected chi connectivity index (χ4v) is 5.17. The highest BCUT2D eigenvalue weighted by atomic mass is 32.2. The normalized spacial score (nSPS) is 16.1. The summed E-state index contributed by atoms with van der Waals surface area (Å²) in [5.41, 5.74) is 1.03. The summed E-state index contributed by atoms with van der Waals surface area (Å²) in [7, 11) is -4.21. The number of sulfonamides is 1. The van der Waals surface area contributed by atoms with Gasteiger partial charge in [-0.25, -0.2) is 22.2 Å². The molecule has 30 heavy (non-hydrogen) atoms. The third-order valence-corrected chi connectivity index (χ3v) is 7.20. The van der Waals surface area contributed by atoms with Crippen molar-refractivity contribution in [3.63, 3.8) is 0 Å². The minimum absolute atomic E-state index is 0.186. The number of piperazine rings is 1. The van der Waals surface area contributed by atoms with Crippen LogP contribution in [0.2, 0.25) is 0 Å². The first-order valence-electron chi connectivity index (χ1n) is 9.70. The van der Waals surface area contributed by atoms with E-state index in [-0.39, 0.29) is 13.1 Å². The largest absolute Gasteiger partial charge is 0.330 e. The maximum absolute atomic E-state index is 14.0. The second-order valence-electron chi connectivity index (χ2n) is 7.11. The van der Waals surface area contributed by atoms with Crippen molar-refractivity contribution in [1.29, 1.82) is 0 Å². The predicted molar refractivity (Wildman–Crippen MR) is 109 cm³/mol. The number of hydrogen-bond donors (Lipinski definition) is 0. The van der Waals surface area contributed by atoms with Gasteiger partial charge in [0, 0.05) is 57.2 Å². The van der Waals surface area contributed by atoms with E-state index in [1.54, 1.807) is 6.20 Å². The summed E-state index contributed by atoms with van der Waals surface area (Å²) in [6, 6.07) is 13.0. The minimum atomic E-state index is -4.21. The number of benzene rings is 2. The third-order valence-electron chi connectivity index (χ3n) is 5.25. The molecule has 158 valence electrons. The van der Waals surface area contributed by atoms with Gasteiger partial charge in [-0.15, -0.1) is 0 Å². The smallest absolute Gasteiger partial charge is 0.249 e. The van der Waals surface area contributed by atoms with Crippen molar-refractivity contribution in [2.45, 2.75) is 11.4 Å². The SMILES string of the molecule is O=S(=O)(c1c(F)cccc1F)N1CCN(CCn2ccnc2-c2ccccc2)CC1. The third kappa shape index (κ3) is 4.14. The van der Waals surface area contributed by atoms with Crippen LogP contribution in [0.1, 0.15) is 0 Å². The van der Waals surface area contributed by atoms with E-state index in [0.717, 1.165) is 40.4 Å². The van der Waals surface area contributed by atoms with Crippen LogP contribution in [0, 0.1) is 11.6 Å². The number of hydrogen-bond acceptors (Lipinski definition) is 4. The van der Waals surface area contributed by atoms with Crippen molar-refractivity contribution in [3.05, 3.63) is 72.6 Å². The molecule has 0 N–H and O–H groups in total. The van der Waals surface area contributed by atoms with Crippen molar-refractivity contribution in [3.8, 4) is 11.4 Å². The van der Waals surface area contributed by atoms with E-state index in [9.17, 15) is 17.2 Å². The Morgan fingerprint density at radius 1 is 0.867 bits per heavy atom. The van der Waals surface area contributed by atoms with Gasteiger partial charge in [-0.05, 0) is 12.1 Å². The van der Waals surface area contributed by atoms with Crippen LogP contribution >= 0.6 is 0 Å². The monoisotopic (exact) mass is 432 g/mol. The molecule has 0 spiro atoms. The summed E-state index contributed by atoms with van der Waals surface area (Å²) in [5.74, 6) is -1.25. The van der Waals surface area contributed by atoms with E-state index in [1.165, 1.54) is 0 Å². The van der Waals surface area contributed by atoms with E-state index >= 15 is 0 Å². The molecule has 1 aliphatic heterocycles. The molecular weight excluding hydrogens is 410 g/mol. The molecule has 1 aromatic heterocycles. The molecule has 6 nitrogen and oxygen atoms in total. The standard InChI is InChI=1S/C21H22F2N4O2S/c22-18-7-4-8-19(23)20(18)30(28,29)27-15-12-25(13-16-27)11-14-26-10-9-24-21(26)17-5-2-1-3-6-17/h1-10H,11-16H2. The summed E-state index contributed by atoms with van der Waals surface area (Å²) in [6.45, 7) is 2.78. The number of imidazole rings is 1. The van der Waals surface area contributed by atoms with Crippen molar-refractivity contribution < 1.29 is 17.2 Å². The molecule has 0 atom stereocenters. The Morgan fingerprint density at radius 3 is 2.20 bits per heavy atom. The lowest BCUT2D eigenvalue weighted by molar-refractivity contribution is 0.182. The summed E-state index contributed by atoms with van der Waals surface area (Å²) in [5, 5.41) is 0. The lowest BCUT2D eigenvalue weighted by Gasteiger charge is -2.34. The summed E-state index contributed by atoms with van der Waals surface area (Å²) < 4.78 is 56.5. The van der Waals surface area contributed by atoms with E-state index in [2.05, 4.69) is 14.5 Å². The second-order valence-corrected chi connectivity index (χ2v) is 8.98. The minimum Gasteiger partial charge on any atom is -0.330 e. The van der Waals surface area contributed by atoms with Crippen LogP contribution in [-0.2, 0) is 16.6 Å². The Balaban J connectivity index is 1.38. The highest BCUT2D eigenvalue weighted by molar-refractivity contribution is 7.89. The molecule has 9 heteroatoms. The molecule has 1 fully saturated rings. The highest BCUT2D eigenvalue weighted by Gasteiger charge is 2.33. The molecule has 2 heterocycles. The van der Waals surface area contributed by atoms with Gasteiger partial charge < -0.3 is 4.57 Å². The molecule has 0 aliphatic carbocycles. The van der Waals surface area contributed by atoms with Gasteiger partial charge in [-0.2, -0.15) is 4.31 Å². The van der Waals surface area contributed by atoms with Gasteiger partial charge in [0.05, 0.1) is 0 Å². The molecule has 3 aromatic rings. The van der Waals surface area contributed by atoms with Gasteiger partial charge in [-0.3, -0.25) is 4.90 Å². The first-order valence-corrected chi connectivity index (χ1v) is 11.1. The lowest BCUT2D eigenvalue weighted by atomic mass is 10.2. The van der Waals surface area contributed by atoms with Gasteiger partial charge in [0.1, 0.15) is 17.5 Å². The first kappa shape index (κ1) is 20.6. The van der Waals surface area contributed by atoms with Crippen LogP contribution in [0.3, 0.4) is 0 Å². The molecule has 1 saturated heterocycles. The van der Waals surface area contributed by atoms with Gasteiger partial charge in [0.25, 0.3) is 0 Å². The number of nitrogens with zero attached hydrogens (tertiary/aromatic N) is 4. The molecule has 1 aliphatic rings. The van der Waals surface area contributed by atoms with Crippen molar-refractivity contribution >= 4 is 10.0 Å². The van der Waals surface area contributed by atoms with Gasteiger partial charge >= 0.3 is 0 Å². The summed E-state index contributed by atoms with van der Waals surface area (Å²) in [4.78, 5) is 5.70. The maximum atomic E-state index is 14.0. The Labute approximate surface area is 174 Å². The lowest BCUT2D eigenvalue weighted by Crippen LogP contribution is -2.49. The molecular formula is C21H22F2N4O2S. The average Bonchev–Trinajstić information content (AvgIpc) is 3.21. The fourth-order valence-electron chi connectivity index (χ4n) is 3.64. The topological polar surface area (TPSA) is 58.4 Å². The predicted octanol–water partition coefficient (Wildman–Crippen LogP) is 2.83. The molecule has 0 amide bonds. The van der Waals surface area contributed by atoms with Gasteiger partial charge in [0.2, 0.25) is 10.0 Å². The van der Waals surface area contributed by atoms with Crippen LogP contribution in [0.25, 0.3) is 11.4 Å². The number of halogens is 2. The molecule has 4 rings (SSSR count). The first-order chi connectivity index (χ1) is 14.5. The van der Waals surface area contributed by atoms with Crippen molar-refractivity contribution in [1.82, 2.24) is 18.8 Å². The second kappa shape index (κ2) is 8.63. The van der Waals surface area contributed by atoms with Crippen LogP contribution in [0.4, 0.5) is 8.78 Å². The van der Waals surface area contributed by atoms with E-state index in [0.29, 0.717) is 19.6 Å². The van der Waals surface area contributed by atoms with Crippen LogP contribution < -0.4 is 0 Å². The zero-order valence-corrected chi connectivity index (χ0v) is 17.1. The van der Waals surface area contributed by atoms with Crippen molar-refractivity contribution in [2.24, 2.45) is 0 Å². The van der Waals surface area contributed by atoms with Crippen LogP contribution in [-0.4, -0.2) is 59.9 Å². The Morgan fingerprint density at radius 2 is 1.53 bits per heavy atom. The maximum Gasteiger partial charge on any atom is 0.249 e.